The van der Waals surface area contributed by atoms with Crippen LogP contribution < -0.4 is 24.3 Å². The standard InChI is InChI=1S/C22H22N2O5S/c1-26-15-7-9-18(27-2)16(12-15)17-13-30-22(23-17)24-21(25)10-6-14-5-8-19(28-3)20(11-14)29-4/h5-13H,1-4H3,(H,23,24,25)/b10-6+. The minimum Gasteiger partial charge on any atom is -0.497 e. The minimum absolute atomic E-state index is 0.289. The molecule has 0 atom stereocenters. The highest BCUT2D eigenvalue weighted by atomic mass is 32.1. The number of rotatable bonds is 8. The molecule has 1 N–H and O–H groups in total. The van der Waals surface area contributed by atoms with E-state index in [1.807, 2.05) is 29.6 Å². The van der Waals surface area contributed by atoms with Crippen LogP contribution in [0, 0.1) is 0 Å². The highest BCUT2D eigenvalue weighted by molar-refractivity contribution is 7.14. The Bertz CT molecular complexity index is 1060. The fourth-order valence-electron chi connectivity index (χ4n) is 2.74. The third kappa shape index (κ3) is 4.90. The van der Waals surface area contributed by atoms with E-state index < -0.39 is 0 Å². The second-order valence-electron chi connectivity index (χ2n) is 6.04. The molecule has 3 aromatic rings. The predicted molar refractivity (Wildman–Crippen MR) is 118 cm³/mol. The molecule has 2 aromatic carbocycles. The lowest BCUT2D eigenvalue weighted by molar-refractivity contribution is -0.111. The van der Waals surface area contributed by atoms with Crippen molar-refractivity contribution >= 4 is 28.5 Å². The second-order valence-corrected chi connectivity index (χ2v) is 6.90. The van der Waals surface area contributed by atoms with Gasteiger partial charge in [0.15, 0.2) is 16.6 Å². The van der Waals surface area contributed by atoms with Crippen LogP contribution in [0.25, 0.3) is 17.3 Å². The van der Waals surface area contributed by atoms with E-state index in [2.05, 4.69) is 10.3 Å². The number of amides is 1. The van der Waals surface area contributed by atoms with Crippen LogP contribution in [0.5, 0.6) is 23.0 Å². The molecule has 0 aliphatic rings. The molecule has 1 aromatic heterocycles. The first-order valence-corrected chi connectivity index (χ1v) is 9.85. The molecule has 7 nitrogen and oxygen atoms in total. The first-order valence-electron chi connectivity index (χ1n) is 8.97. The van der Waals surface area contributed by atoms with Gasteiger partial charge in [-0.2, -0.15) is 0 Å². The SMILES string of the molecule is COc1ccc(OC)c(-c2csc(NC(=O)/C=C/c3ccc(OC)c(OC)c3)n2)c1. The Morgan fingerprint density at radius 1 is 0.933 bits per heavy atom. The van der Waals surface area contributed by atoms with E-state index in [0.29, 0.717) is 33.8 Å². The summed E-state index contributed by atoms with van der Waals surface area (Å²) in [7, 11) is 6.34. The largest absolute Gasteiger partial charge is 0.497 e. The number of ether oxygens (including phenoxy) is 4. The summed E-state index contributed by atoms with van der Waals surface area (Å²) in [5.74, 6) is 2.30. The zero-order valence-electron chi connectivity index (χ0n) is 17.1. The van der Waals surface area contributed by atoms with Crippen molar-refractivity contribution in [2.75, 3.05) is 33.8 Å². The van der Waals surface area contributed by atoms with E-state index in [-0.39, 0.29) is 5.91 Å². The van der Waals surface area contributed by atoms with Gasteiger partial charge in [0.1, 0.15) is 11.5 Å². The topological polar surface area (TPSA) is 78.9 Å². The Balaban J connectivity index is 1.72. The van der Waals surface area contributed by atoms with Crippen LogP contribution in [0.4, 0.5) is 5.13 Å². The van der Waals surface area contributed by atoms with Crippen molar-refractivity contribution < 1.29 is 23.7 Å². The number of thiazole rings is 1. The maximum Gasteiger partial charge on any atom is 0.250 e. The highest BCUT2D eigenvalue weighted by Gasteiger charge is 2.12. The summed E-state index contributed by atoms with van der Waals surface area (Å²) in [6.45, 7) is 0. The molecular weight excluding hydrogens is 404 g/mol. The highest BCUT2D eigenvalue weighted by Crippen LogP contribution is 2.35. The van der Waals surface area contributed by atoms with Gasteiger partial charge in [-0.25, -0.2) is 4.98 Å². The molecule has 0 saturated carbocycles. The van der Waals surface area contributed by atoms with Gasteiger partial charge in [-0.05, 0) is 42.0 Å². The first-order chi connectivity index (χ1) is 14.6. The Hall–Kier alpha value is -3.52. The number of nitrogens with one attached hydrogen (secondary N) is 1. The van der Waals surface area contributed by atoms with Crippen molar-refractivity contribution in [2.24, 2.45) is 0 Å². The Kier molecular flexibility index (Phi) is 6.92. The molecule has 0 bridgehead atoms. The normalized spacial score (nSPS) is 10.7. The third-order valence-corrected chi connectivity index (χ3v) is 5.01. The zero-order valence-corrected chi connectivity index (χ0v) is 17.9. The van der Waals surface area contributed by atoms with Crippen LogP contribution in [0.2, 0.25) is 0 Å². The summed E-state index contributed by atoms with van der Waals surface area (Å²) in [6, 6.07) is 10.9. The van der Waals surface area contributed by atoms with Gasteiger partial charge in [-0.3, -0.25) is 10.1 Å². The van der Waals surface area contributed by atoms with E-state index in [9.17, 15) is 4.79 Å². The summed E-state index contributed by atoms with van der Waals surface area (Å²) in [6.07, 6.45) is 3.13. The molecule has 0 saturated heterocycles. The van der Waals surface area contributed by atoms with E-state index in [4.69, 9.17) is 18.9 Å². The molecule has 1 heterocycles. The van der Waals surface area contributed by atoms with Gasteiger partial charge in [0.25, 0.3) is 0 Å². The molecule has 0 spiro atoms. The summed E-state index contributed by atoms with van der Waals surface area (Å²) in [4.78, 5) is 16.8. The number of carbonyl (C=O) groups is 1. The molecule has 0 aliphatic heterocycles. The van der Waals surface area contributed by atoms with Gasteiger partial charge >= 0.3 is 0 Å². The van der Waals surface area contributed by atoms with E-state index in [1.165, 1.54) is 17.4 Å². The fraction of sp³-hybridized carbons (Fsp3) is 0.182. The number of hydrogen-bond acceptors (Lipinski definition) is 7. The summed E-state index contributed by atoms with van der Waals surface area (Å²) < 4.78 is 21.2. The van der Waals surface area contributed by atoms with E-state index >= 15 is 0 Å². The molecule has 30 heavy (non-hydrogen) atoms. The molecule has 3 rings (SSSR count). The molecule has 0 unspecified atom stereocenters. The Morgan fingerprint density at radius 3 is 2.37 bits per heavy atom. The number of hydrogen-bond donors (Lipinski definition) is 1. The average Bonchev–Trinajstić information content (AvgIpc) is 3.25. The maximum absolute atomic E-state index is 12.3. The van der Waals surface area contributed by atoms with Gasteiger partial charge < -0.3 is 18.9 Å². The van der Waals surface area contributed by atoms with Crippen LogP contribution in [0.15, 0.2) is 47.9 Å². The lowest BCUT2D eigenvalue weighted by atomic mass is 10.1. The van der Waals surface area contributed by atoms with Crippen molar-refractivity contribution in [2.45, 2.75) is 0 Å². The van der Waals surface area contributed by atoms with Gasteiger partial charge in [0, 0.05) is 17.0 Å². The third-order valence-electron chi connectivity index (χ3n) is 4.25. The molecule has 0 fully saturated rings. The molecule has 8 heteroatoms. The Labute approximate surface area is 178 Å². The number of benzene rings is 2. The predicted octanol–water partition coefficient (Wildman–Crippen LogP) is 4.50. The second kappa shape index (κ2) is 9.80. The van der Waals surface area contributed by atoms with Gasteiger partial charge in [0.05, 0.1) is 34.1 Å². The fourth-order valence-corrected chi connectivity index (χ4v) is 3.46. The van der Waals surface area contributed by atoms with Crippen LogP contribution in [0.3, 0.4) is 0 Å². The maximum atomic E-state index is 12.3. The zero-order chi connectivity index (χ0) is 21.5. The van der Waals surface area contributed by atoms with Crippen molar-refractivity contribution in [1.82, 2.24) is 4.98 Å². The Morgan fingerprint density at radius 2 is 1.67 bits per heavy atom. The van der Waals surface area contributed by atoms with Crippen molar-refractivity contribution in [3.8, 4) is 34.3 Å². The first kappa shape index (κ1) is 21.2. The molecule has 1 amide bonds. The number of carbonyl (C=O) groups excluding carboxylic acids is 1. The van der Waals surface area contributed by atoms with Crippen LogP contribution in [0.1, 0.15) is 5.56 Å². The van der Waals surface area contributed by atoms with Crippen molar-refractivity contribution in [1.29, 1.82) is 0 Å². The summed E-state index contributed by atoms with van der Waals surface area (Å²) >= 11 is 1.33. The van der Waals surface area contributed by atoms with Gasteiger partial charge in [-0.1, -0.05) is 6.07 Å². The van der Waals surface area contributed by atoms with Crippen molar-refractivity contribution in [3.63, 3.8) is 0 Å². The molecular formula is C22H22N2O5S. The lowest BCUT2D eigenvalue weighted by Crippen LogP contribution is -2.07. The molecule has 0 aliphatic carbocycles. The van der Waals surface area contributed by atoms with Crippen LogP contribution in [-0.2, 0) is 4.79 Å². The minimum atomic E-state index is -0.289. The van der Waals surface area contributed by atoms with Crippen LogP contribution >= 0.6 is 11.3 Å². The summed E-state index contributed by atoms with van der Waals surface area (Å²) in [5, 5.41) is 5.11. The number of aromatic nitrogens is 1. The van der Waals surface area contributed by atoms with Crippen LogP contribution in [-0.4, -0.2) is 39.3 Å². The number of methoxy groups -OCH3 is 4. The molecule has 0 radical (unpaired) electrons. The summed E-state index contributed by atoms with van der Waals surface area (Å²) in [5.41, 5.74) is 2.29. The molecule has 156 valence electrons. The number of nitrogens with zero attached hydrogens (tertiary/aromatic N) is 1. The average molecular weight is 426 g/mol. The smallest absolute Gasteiger partial charge is 0.250 e. The van der Waals surface area contributed by atoms with E-state index in [1.54, 1.807) is 46.6 Å². The van der Waals surface area contributed by atoms with Gasteiger partial charge in [-0.15, -0.1) is 11.3 Å². The monoisotopic (exact) mass is 426 g/mol. The quantitative estimate of drug-likeness (QED) is 0.535. The van der Waals surface area contributed by atoms with Gasteiger partial charge in [0.2, 0.25) is 5.91 Å². The number of anilines is 1. The van der Waals surface area contributed by atoms with E-state index in [0.717, 1.165) is 11.1 Å². The van der Waals surface area contributed by atoms with Crippen molar-refractivity contribution in [3.05, 3.63) is 53.4 Å². The lowest BCUT2D eigenvalue weighted by Gasteiger charge is -2.08.